The van der Waals surface area contributed by atoms with Gasteiger partial charge in [-0.2, -0.15) is 0 Å². The summed E-state index contributed by atoms with van der Waals surface area (Å²) in [6.07, 6.45) is 2.02. The Kier molecular flexibility index (Phi) is 16.7. The van der Waals surface area contributed by atoms with Crippen molar-refractivity contribution in [2.45, 2.75) is 111 Å². The molecule has 0 saturated carbocycles. The van der Waals surface area contributed by atoms with Crippen LogP contribution >= 0.6 is 63.7 Å². The summed E-state index contributed by atoms with van der Waals surface area (Å²) in [6, 6.07) is 50.1. The summed E-state index contributed by atoms with van der Waals surface area (Å²) in [5.74, 6) is 2.56. The Morgan fingerprint density at radius 3 is 1.29 bits per heavy atom. The molecule has 0 unspecified atom stereocenters. The Morgan fingerprint density at radius 1 is 0.449 bits per heavy atom. The minimum absolute atomic E-state index is 0.0768. The molecule has 3 aromatic heterocycles. The highest BCUT2D eigenvalue weighted by molar-refractivity contribution is 9.11. The van der Waals surface area contributed by atoms with E-state index in [1.54, 1.807) is 4.80 Å². The first-order chi connectivity index (χ1) is 37.0. The van der Waals surface area contributed by atoms with Crippen LogP contribution in [0.3, 0.4) is 0 Å². The zero-order valence-corrected chi connectivity index (χ0v) is 52.2. The largest absolute Gasteiger partial charge is 0.491 e. The maximum absolute atomic E-state index is 6.68. The molecule has 400 valence electrons. The summed E-state index contributed by atoms with van der Waals surface area (Å²) in [5, 5.41) is 27.1. The molecule has 0 bridgehead atoms. The molecule has 0 amide bonds. The number of benzene rings is 7. The number of halogens is 4. The van der Waals surface area contributed by atoms with Crippen molar-refractivity contribution in [3.05, 3.63) is 197 Å². The van der Waals surface area contributed by atoms with Crippen LogP contribution in [-0.4, -0.2) is 42.0 Å². The quantitative estimate of drug-likeness (QED) is 0.104. The van der Waals surface area contributed by atoms with Gasteiger partial charge in [-0.1, -0.05) is 174 Å². The van der Waals surface area contributed by atoms with Gasteiger partial charge in [0, 0.05) is 45.4 Å². The monoisotopic (exact) mass is 1290 g/mol. The second-order valence-corrected chi connectivity index (χ2v) is 26.0. The Balaban J connectivity index is 0.000000190. The van der Waals surface area contributed by atoms with E-state index in [0.29, 0.717) is 30.2 Å². The standard InChI is InChI=1S/C34H35Br2N3O.C30H28Br2N4O2/c1-6-7-20-40-32-26(34(4,5)24-16-12-9-13-17-24)21-25(33(2,3)23-14-10-8-11-15-23)22-29(32)39-37-30-27(35)18-19-28(36)31(30)38-39;1-29(2,3)19-11-7-17(8-12-19)25-33-35-27(37-25)21-15-24(32)22(16-23(21)31)28-36-34-26(38-28)18-9-13-20(14-10-18)30(4,5)6/h8-19,21-22H,6-7,20H2,1-5H3;7-16H,1-6H3. The zero-order valence-electron chi connectivity index (χ0n) is 45.8. The van der Waals surface area contributed by atoms with Gasteiger partial charge in [0.05, 0.1) is 17.7 Å². The lowest BCUT2D eigenvalue weighted by molar-refractivity contribution is 0.300. The maximum Gasteiger partial charge on any atom is 0.249 e. The van der Waals surface area contributed by atoms with Gasteiger partial charge in [0.25, 0.3) is 0 Å². The first-order valence-electron chi connectivity index (χ1n) is 26.1. The average Bonchev–Trinajstić information content (AvgIpc) is 4.25. The van der Waals surface area contributed by atoms with E-state index >= 15 is 0 Å². The van der Waals surface area contributed by atoms with Gasteiger partial charge < -0.3 is 13.6 Å². The Bertz CT molecular complexity index is 3550. The van der Waals surface area contributed by atoms with Crippen molar-refractivity contribution in [1.82, 2.24) is 35.4 Å². The molecule has 10 nitrogen and oxygen atoms in total. The van der Waals surface area contributed by atoms with E-state index in [2.05, 4.69) is 257 Å². The fourth-order valence-corrected chi connectivity index (χ4v) is 11.0. The first-order valence-corrected chi connectivity index (χ1v) is 29.2. The Hall–Kier alpha value is -6.06. The van der Waals surface area contributed by atoms with Crippen molar-refractivity contribution in [3.8, 4) is 57.3 Å². The molecule has 0 N–H and O–H groups in total. The van der Waals surface area contributed by atoms with E-state index in [9.17, 15) is 0 Å². The second-order valence-electron chi connectivity index (χ2n) is 22.6. The van der Waals surface area contributed by atoms with Crippen LogP contribution in [0.5, 0.6) is 5.75 Å². The number of hydrogen-bond acceptors (Lipinski definition) is 9. The minimum Gasteiger partial charge on any atom is -0.491 e. The summed E-state index contributed by atoms with van der Waals surface area (Å²) in [5.41, 5.74) is 12.5. The van der Waals surface area contributed by atoms with E-state index in [1.807, 2.05) is 48.5 Å². The first kappa shape index (κ1) is 56.7. The molecule has 14 heteroatoms. The van der Waals surface area contributed by atoms with Gasteiger partial charge in [-0.15, -0.1) is 35.4 Å². The van der Waals surface area contributed by atoms with Crippen LogP contribution in [0.2, 0.25) is 0 Å². The number of fused-ring (bicyclic) bond motifs is 1. The van der Waals surface area contributed by atoms with Crippen molar-refractivity contribution in [3.63, 3.8) is 0 Å². The van der Waals surface area contributed by atoms with E-state index in [-0.39, 0.29) is 21.7 Å². The Morgan fingerprint density at radius 2 is 0.872 bits per heavy atom. The van der Waals surface area contributed by atoms with E-state index in [4.69, 9.17) is 23.8 Å². The highest BCUT2D eigenvalue weighted by atomic mass is 79.9. The molecule has 0 aliphatic heterocycles. The number of aromatic nitrogens is 7. The summed E-state index contributed by atoms with van der Waals surface area (Å²) in [7, 11) is 0. The molecule has 10 rings (SSSR count). The number of unbranched alkanes of at least 4 members (excludes halogenated alkanes) is 1. The van der Waals surface area contributed by atoms with Crippen molar-refractivity contribution in [2.24, 2.45) is 0 Å². The van der Waals surface area contributed by atoms with Gasteiger partial charge in [-0.25, -0.2) is 0 Å². The molecule has 0 atom stereocenters. The van der Waals surface area contributed by atoms with Crippen LogP contribution in [0.4, 0.5) is 0 Å². The molecule has 78 heavy (non-hydrogen) atoms. The molecule has 7 aromatic carbocycles. The molecule has 0 aliphatic carbocycles. The number of ether oxygens (including phenoxy) is 1. The number of nitrogens with zero attached hydrogens (tertiary/aromatic N) is 7. The third kappa shape index (κ3) is 12.1. The van der Waals surface area contributed by atoms with Gasteiger partial charge in [0.1, 0.15) is 16.7 Å². The number of rotatable bonds is 13. The van der Waals surface area contributed by atoms with Crippen LogP contribution in [-0.2, 0) is 21.7 Å². The molecule has 0 fully saturated rings. The van der Waals surface area contributed by atoms with Crippen LogP contribution in [0.15, 0.2) is 172 Å². The van der Waals surface area contributed by atoms with Crippen molar-refractivity contribution in [2.75, 3.05) is 6.61 Å². The predicted octanol–water partition coefficient (Wildman–Crippen LogP) is 19.0. The van der Waals surface area contributed by atoms with Gasteiger partial charge in [0.2, 0.25) is 23.6 Å². The molecule has 3 heterocycles. The summed E-state index contributed by atoms with van der Waals surface area (Å²) >= 11 is 14.6. The van der Waals surface area contributed by atoms with Crippen molar-refractivity contribution < 1.29 is 13.6 Å². The smallest absolute Gasteiger partial charge is 0.249 e. The van der Waals surface area contributed by atoms with Gasteiger partial charge >= 0.3 is 0 Å². The normalized spacial score (nSPS) is 12.2. The molecule has 0 aliphatic rings. The molecule has 0 saturated heterocycles. The third-order valence-corrected chi connectivity index (χ3v) is 16.8. The third-order valence-electron chi connectivity index (χ3n) is 14.2. The molecule has 0 radical (unpaired) electrons. The fourth-order valence-electron chi connectivity index (χ4n) is 9.13. The van der Waals surface area contributed by atoms with Crippen LogP contribution < -0.4 is 4.74 Å². The zero-order chi connectivity index (χ0) is 55.7. The van der Waals surface area contributed by atoms with Gasteiger partial charge in [-0.05, 0) is 163 Å². The highest BCUT2D eigenvalue weighted by Crippen LogP contribution is 2.46. The molecular formula is C64H63Br4N7O3. The second kappa shape index (κ2) is 23.0. The highest BCUT2D eigenvalue weighted by Gasteiger charge is 2.34. The lowest BCUT2D eigenvalue weighted by atomic mass is 9.72. The van der Waals surface area contributed by atoms with E-state index in [0.717, 1.165) is 81.0 Å². The van der Waals surface area contributed by atoms with Crippen LogP contribution in [0, 0.1) is 0 Å². The van der Waals surface area contributed by atoms with Crippen LogP contribution in [0.25, 0.3) is 62.5 Å². The summed E-state index contributed by atoms with van der Waals surface area (Å²) in [6.45, 7) is 25.0. The van der Waals surface area contributed by atoms with E-state index in [1.165, 1.54) is 27.8 Å². The van der Waals surface area contributed by atoms with Gasteiger partial charge in [0.15, 0.2) is 5.75 Å². The maximum atomic E-state index is 6.68. The Labute approximate surface area is 491 Å². The van der Waals surface area contributed by atoms with E-state index < -0.39 is 0 Å². The molecular weight excluding hydrogens is 1230 g/mol. The average molecular weight is 1300 g/mol. The predicted molar refractivity (Wildman–Crippen MR) is 329 cm³/mol. The summed E-state index contributed by atoms with van der Waals surface area (Å²) < 4.78 is 22.1. The molecule has 0 spiro atoms. The minimum atomic E-state index is -0.339. The SMILES string of the molecule is CC(C)(C)c1ccc(-c2nnc(-c3cc(Br)c(-c4nnc(-c5ccc(C(C)(C)C)cc5)o4)cc3Br)o2)cc1.CCCCOc1c(-n2nc3c(Br)ccc(Br)c3n2)cc(C(C)(C)c2ccccc2)cc1C(C)(C)c1ccccc1. The van der Waals surface area contributed by atoms with Crippen molar-refractivity contribution in [1.29, 1.82) is 0 Å². The number of hydrogen-bond donors (Lipinski definition) is 0. The van der Waals surface area contributed by atoms with Gasteiger partial charge in [-0.3, -0.25) is 0 Å². The topological polar surface area (TPSA) is 118 Å². The summed E-state index contributed by atoms with van der Waals surface area (Å²) in [4.78, 5) is 1.75. The lowest BCUT2D eigenvalue weighted by Crippen LogP contribution is -2.25. The van der Waals surface area contributed by atoms with Crippen molar-refractivity contribution >= 4 is 74.8 Å². The fraction of sp³-hybridized carbons (Fsp3) is 0.281. The molecule has 10 aromatic rings. The lowest BCUT2D eigenvalue weighted by Gasteiger charge is -2.33. The van der Waals surface area contributed by atoms with Crippen LogP contribution in [0.1, 0.15) is 122 Å².